The van der Waals surface area contributed by atoms with Crippen LogP contribution in [0.25, 0.3) is 11.1 Å². The highest BCUT2D eigenvalue weighted by Gasteiger charge is 2.28. The van der Waals surface area contributed by atoms with Gasteiger partial charge >= 0.3 is 6.09 Å². The van der Waals surface area contributed by atoms with Crippen LogP contribution in [0.15, 0.2) is 48.5 Å². The van der Waals surface area contributed by atoms with Gasteiger partial charge in [-0.2, -0.15) is 0 Å². The fourth-order valence-corrected chi connectivity index (χ4v) is 2.74. The Balaban J connectivity index is 1.88. The number of carbonyl (C=O) groups is 1. The lowest BCUT2D eigenvalue weighted by Crippen LogP contribution is -2.26. The molecule has 3 heteroatoms. The van der Waals surface area contributed by atoms with Crippen molar-refractivity contribution in [2.24, 2.45) is 0 Å². The normalized spacial score (nSPS) is 14.8. The summed E-state index contributed by atoms with van der Waals surface area (Å²) in [5.41, 5.74) is 4.34. The highest BCUT2D eigenvalue weighted by Crippen LogP contribution is 2.44. The molecule has 1 N–H and O–H groups in total. The summed E-state index contributed by atoms with van der Waals surface area (Å²) in [5, 5.41) is 2.65. The van der Waals surface area contributed by atoms with E-state index in [0.717, 1.165) is 28.7 Å². The molecule has 0 bridgehead atoms. The zero-order valence-corrected chi connectivity index (χ0v) is 12.0. The summed E-state index contributed by atoms with van der Waals surface area (Å²) < 4.78 is 13.6. The van der Waals surface area contributed by atoms with Crippen LogP contribution in [0.3, 0.4) is 0 Å². The molecule has 0 aromatic heterocycles. The van der Waals surface area contributed by atoms with E-state index < -0.39 is 12.7 Å². The van der Waals surface area contributed by atoms with Gasteiger partial charge in [0.05, 0.1) is 1.37 Å². The van der Waals surface area contributed by atoms with Gasteiger partial charge < -0.3 is 10.1 Å². The number of carbonyl (C=O) groups excluding carboxylic acids is 1. The van der Waals surface area contributed by atoms with Gasteiger partial charge in [-0.25, -0.2) is 4.79 Å². The predicted molar refractivity (Wildman–Crippen MR) is 83.4 cm³/mol. The molecule has 21 heavy (non-hydrogen) atoms. The Morgan fingerprint density at radius 3 is 2.29 bits per heavy atom. The standard InChI is InChI=1S/C18H19NO2/c1-2-11-19-18(20)21-12-17-15-9-5-3-7-13(15)14-8-4-6-10-16(14)17/h3-10,17H,2,11-12H2,1H3,(H,19,20)/i12D. The van der Waals surface area contributed by atoms with Crippen LogP contribution in [0.2, 0.25) is 0 Å². The number of hydrogen-bond acceptors (Lipinski definition) is 2. The minimum absolute atomic E-state index is 0.236. The summed E-state index contributed by atoms with van der Waals surface area (Å²) in [6, 6.07) is 16.0. The van der Waals surface area contributed by atoms with Crippen LogP contribution in [0.1, 0.15) is 31.8 Å². The van der Waals surface area contributed by atoms with E-state index in [0.29, 0.717) is 6.54 Å². The van der Waals surface area contributed by atoms with Gasteiger partial charge in [-0.3, -0.25) is 0 Å². The number of fused-ring (bicyclic) bond motifs is 3. The van der Waals surface area contributed by atoms with Crippen molar-refractivity contribution in [3.63, 3.8) is 0 Å². The highest BCUT2D eigenvalue weighted by molar-refractivity contribution is 5.79. The van der Waals surface area contributed by atoms with Crippen molar-refractivity contribution in [2.45, 2.75) is 19.3 Å². The number of benzene rings is 2. The Hall–Kier alpha value is -2.29. The fraction of sp³-hybridized carbons (Fsp3) is 0.278. The third-order valence-corrected chi connectivity index (χ3v) is 3.71. The summed E-state index contributed by atoms with van der Waals surface area (Å²) in [4.78, 5) is 11.7. The van der Waals surface area contributed by atoms with Crippen molar-refractivity contribution in [2.75, 3.05) is 13.1 Å². The number of amides is 1. The van der Waals surface area contributed by atoms with Crippen LogP contribution in [-0.4, -0.2) is 19.2 Å². The largest absolute Gasteiger partial charge is 0.449 e. The lowest BCUT2D eigenvalue weighted by atomic mass is 9.98. The first-order chi connectivity index (χ1) is 10.7. The topological polar surface area (TPSA) is 38.3 Å². The molecule has 0 saturated heterocycles. The molecule has 2 aromatic rings. The average molecular weight is 282 g/mol. The molecule has 0 fully saturated rings. The average Bonchev–Trinajstić information content (AvgIpc) is 2.87. The molecular formula is C18H19NO2. The quantitative estimate of drug-likeness (QED) is 0.922. The Bertz CT molecular complexity index is 641. The van der Waals surface area contributed by atoms with Gasteiger partial charge in [0.15, 0.2) is 0 Å². The highest BCUT2D eigenvalue weighted by atomic mass is 16.5. The molecule has 0 saturated carbocycles. The van der Waals surface area contributed by atoms with Crippen LogP contribution in [-0.2, 0) is 4.74 Å². The maximum Gasteiger partial charge on any atom is 0.407 e. The SMILES string of the molecule is [2H]C(OC(=O)NCCC)C1c2ccccc2-c2ccccc21. The van der Waals surface area contributed by atoms with Gasteiger partial charge in [0.2, 0.25) is 0 Å². The fourth-order valence-electron chi connectivity index (χ4n) is 2.74. The van der Waals surface area contributed by atoms with Crippen molar-refractivity contribution in [1.29, 1.82) is 0 Å². The lowest BCUT2D eigenvalue weighted by Gasteiger charge is -2.14. The van der Waals surface area contributed by atoms with E-state index in [4.69, 9.17) is 6.11 Å². The molecule has 1 atom stereocenters. The van der Waals surface area contributed by atoms with Crippen molar-refractivity contribution in [3.05, 3.63) is 59.7 Å². The Labute approximate surface area is 126 Å². The van der Waals surface area contributed by atoms with Crippen LogP contribution < -0.4 is 5.32 Å². The smallest absolute Gasteiger partial charge is 0.407 e. The predicted octanol–water partition coefficient (Wildman–Crippen LogP) is 3.94. The first-order valence-electron chi connectivity index (χ1n) is 7.85. The molecule has 0 heterocycles. The zero-order valence-electron chi connectivity index (χ0n) is 13.0. The van der Waals surface area contributed by atoms with Gasteiger partial charge in [-0.15, -0.1) is 0 Å². The summed E-state index contributed by atoms with van der Waals surface area (Å²) in [5.74, 6) is -0.236. The molecule has 1 aliphatic rings. The van der Waals surface area contributed by atoms with E-state index in [1.807, 2.05) is 43.3 Å². The van der Waals surface area contributed by atoms with Crippen LogP contribution in [0.5, 0.6) is 0 Å². The summed E-state index contributed by atoms with van der Waals surface area (Å²) in [6.07, 6.45) is 0.316. The Morgan fingerprint density at radius 2 is 1.71 bits per heavy atom. The zero-order chi connectivity index (χ0) is 15.5. The van der Waals surface area contributed by atoms with Crippen molar-refractivity contribution < 1.29 is 10.9 Å². The molecule has 3 nitrogen and oxygen atoms in total. The van der Waals surface area contributed by atoms with E-state index in [1.165, 1.54) is 0 Å². The Morgan fingerprint density at radius 1 is 1.14 bits per heavy atom. The van der Waals surface area contributed by atoms with Gasteiger partial charge in [0.1, 0.15) is 6.58 Å². The number of nitrogens with one attached hydrogen (secondary N) is 1. The minimum atomic E-state index is -0.957. The monoisotopic (exact) mass is 282 g/mol. The molecule has 0 spiro atoms. The van der Waals surface area contributed by atoms with Crippen molar-refractivity contribution >= 4 is 6.09 Å². The molecule has 2 aromatic carbocycles. The van der Waals surface area contributed by atoms with Gasteiger partial charge in [-0.05, 0) is 28.7 Å². The summed E-state index contributed by atoms with van der Waals surface area (Å²) in [7, 11) is 0. The molecule has 3 rings (SSSR count). The van der Waals surface area contributed by atoms with E-state index in [9.17, 15) is 4.79 Å². The molecule has 108 valence electrons. The van der Waals surface area contributed by atoms with Gasteiger partial charge in [0.25, 0.3) is 0 Å². The molecular weight excluding hydrogens is 262 g/mol. The Kier molecular flexibility index (Phi) is 3.56. The van der Waals surface area contributed by atoms with Crippen molar-refractivity contribution in [3.8, 4) is 11.1 Å². The number of alkyl carbamates (subject to hydrolysis) is 1. The molecule has 0 radical (unpaired) electrons. The van der Waals surface area contributed by atoms with Gasteiger partial charge in [0, 0.05) is 12.5 Å². The lowest BCUT2D eigenvalue weighted by molar-refractivity contribution is 0.143. The number of rotatable bonds is 4. The number of hydrogen-bond donors (Lipinski definition) is 1. The van der Waals surface area contributed by atoms with Gasteiger partial charge in [-0.1, -0.05) is 55.5 Å². The van der Waals surface area contributed by atoms with Crippen LogP contribution >= 0.6 is 0 Å². The third-order valence-electron chi connectivity index (χ3n) is 3.71. The maximum absolute atomic E-state index is 11.7. The first kappa shape index (κ1) is 12.5. The number of ether oxygens (including phenoxy) is 1. The van der Waals surface area contributed by atoms with E-state index in [2.05, 4.69) is 17.4 Å². The van der Waals surface area contributed by atoms with E-state index in [1.54, 1.807) is 0 Å². The van der Waals surface area contributed by atoms with Crippen LogP contribution in [0, 0.1) is 0 Å². The maximum atomic E-state index is 11.7. The van der Waals surface area contributed by atoms with Crippen LogP contribution in [0.4, 0.5) is 4.79 Å². The van der Waals surface area contributed by atoms with E-state index >= 15 is 0 Å². The summed E-state index contributed by atoms with van der Waals surface area (Å²) in [6.45, 7) is 1.58. The first-order valence-corrected chi connectivity index (χ1v) is 7.27. The summed E-state index contributed by atoms with van der Waals surface area (Å²) >= 11 is 0. The molecule has 1 unspecified atom stereocenters. The van der Waals surface area contributed by atoms with E-state index in [-0.39, 0.29) is 5.92 Å². The third kappa shape index (κ3) is 2.64. The second kappa shape index (κ2) is 6.00. The second-order valence-corrected chi connectivity index (χ2v) is 5.12. The molecule has 0 aliphatic heterocycles. The minimum Gasteiger partial charge on any atom is -0.449 e. The molecule has 1 aliphatic carbocycles. The molecule has 1 amide bonds. The van der Waals surface area contributed by atoms with Crippen molar-refractivity contribution in [1.82, 2.24) is 5.32 Å². The second-order valence-electron chi connectivity index (χ2n) is 5.12.